The summed E-state index contributed by atoms with van der Waals surface area (Å²) in [6, 6.07) is 0. The van der Waals surface area contributed by atoms with E-state index in [1.54, 1.807) is 0 Å². The maximum absolute atomic E-state index is 11.5. The van der Waals surface area contributed by atoms with Gasteiger partial charge in [-0.25, -0.2) is 4.79 Å². The van der Waals surface area contributed by atoms with Crippen molar-refractivity contribution >= 4 is 17.9 Å². The zero-order valence-electron chi connectivity index (χ0n) is 10.4. The molecule has 0 atom stereocenters. The Kier molecular flexibility index (Phi) is 6.69. The highest BCUT2D eigenvalue weighted by atomic mass is 32.2. The second-order valence-corrected chi connectivity index (χ2v) is 5.46. The van der Waals surface area contributed by atoms with Crippen molar-refractivity contribution in [3.05, 3.63) is 0 Å². The van der Waals surface area contributed by atoms with Crippen molar-refractivity contribution in [2.45, 2.75) is 33.1 Å². The van der Waals surface area contributed by atoms with Crippen LogP contribution in [-0.4, -0.2) is 42.2 Å². The number of ether oxygens (including phenoxy) is 1. The van der Waals surface area contributed by atoms with Crippen LogP contribution in [0.1, 0.15) is 33.1 Å². The molecule has 1 heterocycles. The Labute approximate surface area is 103 Å². The van der Waals surface area contributed by atoms with Gasteiger partial charge in [0.15, 0.2) is 0 Å². The molecule has 3 nitrogen and oxygen atoms in total. The summed E-state index contributed by atoms with van der Waals surface area (Å²) in [6.07, 6.45) is 3.16. The van der Waals surface area contributed by atoms with Crippen molar-refractivity contribution in [1.29, 1.82) is 0 Å². The number of likely N-dealkylation sites (tertiary alicyclic amines) is 1. The first-order valence-corrected chi connectivity index (χ1v) is 7.42. The number of unbranched alkanes of at least 4 members (excludes halogenated alkanes) is 1. The minimum absolute atomic E-state index is 0.120. The van der Waals surface area contributed by atoms with E-state index in [1.807, 2.05) is 16.7 Å². The minimum Gasteiger partial charge on any atom is -0.449 e. The van der Waals surface area contributed by atoms with Crippen LogP contribution < -0.4 is 0 Å². The molecule has 0 aromatic rings. The summed E-state index contributed by atoms with van der Waals surface area (Å²) in [5, 5.41) is 0. The van der Waals surface area contributed by atoms with Crippen molar-refractivity contribution in [3.8, 4) is 0 Å². The lowest BCUT2D eigenvalue weighted by Gasteiger charge is -2.38. The maximum Gasteiger partial charge on any atom is 0.409 e. The fourth-order valence-electron chi connectivity index (χ4n) is 1.61. The first-order valence-electron chi connectivity index (χ1n) is 6.27. The fraction of sp³-hybridized carbons (Fsp3) is 0.917. The first kappa shape index (κ1) is 13.7. The molecule has 0 aliphatic carbocycles. The molecule has 4 heteroatoms. The molecule has 0 saturated carbocycles. The van der Waals surface area contributed by atoms with Gasteiger partial charge in [-0.15, -0.1) is 0 Å². The number of nitrogens with zero attached hydrogens (tertiary/aromatic N) is 1. The largest absolute Gasteiger partial charge is 0.449 e. The molecule has 0 aromatic carbocycles. The molecule has 0 bridgehead atoms. The molecule has 16 heavy (non-hydrogen) atoms. The van der Waals surface area contributed by atoms with Gasteiger partial charge in [-0.2, -0.15) is 11.8 Å². The van der Waals surface area contributed by atoms with Crippen LogP contribution >= 0.6 is 11.8 Å². The van der Waals surface area contributed by atoms with Crippen LogP contribution in [0.4, 0.5) is 4.79 Å². The van der Waals surface area contributed by atoms with Gasteiger partial charge in [0, 0.05) is 19.0 Å². The average molecular weight is 245 g/mol. The standard InChI is InChI=1S/C12H23NO2S/c1-3-5-6-15-12(14)13-8-11(9-13)10-16-7-4-2/h11H,3-10H2,1-2H3. The smallest absolute Gasteiger partial charge is 0.409 e. The second-order valence-electron chi connectivity index (χ2n) is 4.31. The average Bonchev–Trinajstić information content (AvgIpc) is 2.21. The quantitative estimate of drug-likeness (QED) is 0.646. The van der Waals surface area contributed by atoms with Crippen molar-refractivity contribution in [3.63, 3.8) is 0 Å². The van der Waals surface area contributed by atoms with Crippen LogP contribution in [-0.2, 0) is 4.74 Å². The van der Waals surface area contributed by atoms with Gasteiger partial charge in [-0.3, -0.25) is 0 Å². The molecule has 1 saturated heterocycles. The van der Waals surface area contributed by atoms with E-state index < -0.39 is 0 Å². The molecule has 1 aliphatic heterocycles. The zero-order valence-corrected chi connectivity index (χ0v) is 11.2. The third-order valence-corrected chi connectivity index (χ3v) is 4.04. The number of hydrogen-bond donors (Lipinski definition) is 0. The molecular formula is C12H23NO2S. The summed E-state index contributed by atoms with van der Waals surface area (Å²) in [6.45, 7) is 6.65. The molecule has 0 spiro atoms. The molecule has 0 N–H and O–H groups in total. The lowest BCUT2D eigenvalue weighted by Crippen LogP contribution is -2.51. The number of carbonyl (C=O) groups is 1. The van der Waals surface area contributed by atoms with Crippen LogP contribution in [0.25, 0.3) is 0 Å². The van der Waals surface area contributed by atoms with Crippen molar-refractivity contribution in [2.75, 3.05) is 31.2 Å². The highest BCUT2D eigenvalue weighted by Crippen LogP contribution is 2.21. The Hall–Kier alpha value is -0.380. The van der Waals surface area contributed by atoms with E-state index in [0.29, 0.717) is 12.5 Å². The number of rotatable bonds is 7. The minimum atomic E-state index is -0.120. The normalized spacial score (nSPS) is 16.0. The molecule has 0 radical (unpaired) electrons. The van der Waals surface area contributed by atoms with E-state index >= 15 is 0 Å². The summed E-state index contributed by atoms with van der Waals surface area (Å²) in [7, 11) is 0. The molecule has 0 aromatic heterocycles. The molecule has 1 aliphatic rings. The topological polar surface area (TPSA) is 29.5 Å². The van der Waals surface area contributed by atoms with E-state index in [1.165, 1.54) is 17.9 Å². The predicted octanol–water partition coefficient (Wildman–Crippen LogP) is 3.00. The molecule has 1 rings (SSSR count). The van der Waals surface area contributed by atoms with Crippen molar-refractivity contribution < 1.29 is 9.53 Å². The number of hydrogen-bond acceptors (Lipinski definition) is 3. The van der Waals surface area contributed by atoms with E-state index in [-0.39, 0.29) is 6.09 Å². The van der Waals surface area contributed by atoms with Crippen molar-refractivity contribution in [1.82, 2.24) is 4.90 Å². The van der Waals surface area contributed by atoms with Gasteiger partial charge in [0.1, 0.15) is 0 Å². The van der Waals surface area contributed by atoms with Crippen LogP contribution in [0, 0.1) is 5.92 Å². The zero-order chi connectivity index (χ0) is 11.8. The molecule has 1 amide bonds. The van der Waals surface area contributed by atoms with Gasteiger partial charge in [-0.05, 0) is 24.3 Å². The van der Waals surface area contributed by atoms with E-state index in [0.717, 1.165) is 25.9 Å². The van der Waals surface area contributed by atoms with Crippen LogP contribution in [0.3, 0.4) is 0 Å². The van der Waals surface area contributed by atoms with Gasteiger partial charge in [0.25, 0.3) is 0 Å². The highest BCUT2D eigenvalue weighted by molar-refractivity contribution is 7.99. The van der Waals surface area contributed by atoms with E-state index in [2.05, 4.69) is 13.8 Å². The van der Waals surface area contributed by atoms with Gasteiger partial charge in [0.2, 0.25) is 0 Å². The number of thioether (sulfide) groups is 1. The number of amides is 1. The van der Waals surface area contributed by atoms with E-state index in [9.17, 15) is 4.79 Å². The van der Waals surface area contributed by atoms with Crippen molar-refractivity contribution in [2.24, 2.45) is 5.92 Å². The van der Waals surface area contributed by atoms with Gasteiger partial charge in [-0.1, -0.05) is 20.3 Å². The lowest BCUT2D eigenvalue weighted by molar-refractivity contribution is 0.0592. The Morgan fingerprint density at radius 1 is 1.38 bits per heavy atom. The maximum atomic E-state index is 11.5. The van der Waals surface area contributed by atoms with Gasteiger partial charge >= 0.3 is 6.09 Å². The lowest BCUT2D eigenvalue weighted by atomic mass is 10.0. The Morgan fingerprint density at radius 2 is 2.12 bits per heavy atom. The second kappa shape index (κ2) is 7.82. The molecular weight excluding hydrogens is 222 g/mol. The molecule has 0 unspecified atom stereocenters. The number of carbonyl (C=O) groups excluding carboxylic acids is 1. The fourth-order valence-corrected chi connectivity index (χ4v) is 2.61. The Bertz CT molecular complexity index is 205. The highest BCUT2D eigenvalue weighted by Gasteiger charge is 2.31. The summed E-state index contributed by atoms with van der Waals surface area (Å²) in [5.74, 6) is 3.11. The monoisotopic (exact) mass is 245 g/mol. The SMILES string of the molecule is CCCCOC(=O)N1CC(CSCCC)C1. The Balaban J connectivity index is 1.99. The third kappa shape index (κ3) is 4.64. The third-order valence-electron chi connectivity index (χ3n) is 2.64. The molecule has 94 valence electrons. The van der Waals surface area contributed by atoms with Crippen LogP contribution in [0.15, 0.2) is 0 Å². The summed E-state index contributed by atoms with van der Waals surface area (Å²) >= 11 is 1.99. The van der Waals surface area contributed by atoms with Gasteiger partial charge < -0.3 is 9.64 Å². The van der Waals surface area contributed by atoms with Crippen LogP contribution in [0.5, 0.6) is 0 Å². The summed E-state index contributed by atoms with van der Waals surface area (Å²) in [4.78, 5) is 13.3. The predicted molar refractivity (Wildman–Crippen MR) is 68.9 cm³/mol. The molecule has 1 fully saturated rings. The van der Waals surface area contributed by atoms with E-state index in [4.69, 9.17) is 4.74 Å². The Morgan fingerprint density at radius 3 is 2.75 bits per heavy atom. The summed E-state index contributed by atoms with van der Waals surface area (Å²) < 4.78 is 5.14. The van der Waals surface area contributed by atoms with Crippen LogP contribution in [0.2, 0.25) is 0 Å². The first-order chi connectivity index (χ1) is 7.77. The summed E-state index contributed by atoms with van der Waals surface area (Å²) in [5.41, 5.74) is 0. The van der Waals surface area contributed by atoms with Gasteiger partial charge in [0.05, 0.1) is 6.61 Å².